The van der Waals surface area contributed by atoms with E-state index in [-0.39, 0.29) is 0 Å². The predicted octanol–water partition coefficient (Wildman–Crippen LogP) is 2.67. The topological polar surface area (TPSA) is 88.0 Å². The van der Waals surface area contributed by atoms with E-state index in [1.807, 2.05) is 13.2 Å². The number of amides is 1. The lowest BCUT2D eigenvalue weighted by Gasteiger charge is -2.20. The summed E-state index contributed by atoms with van der Waals surface area (Å²) in [4.78, 5) is 23.2. The van der Waals surface area contributed by atoms with Gasteiger partial charge in [0.25, 0.3) is 0 Å². The van der Waals surface area contributed by atoms with Crippen molar-refractivity contribution in [3.8, 4) is 0 Å². The molecule has 148 valence electrons. The fourth-order valence-electron chi connectivity index (χ4n) is 4.52. The van der Waals surface area contributed by atoms with E-state index in [0.29, 0.717) is 46.5 Å². The molecular formula is C19H24ClN7O. The van der Waals surface area contributed by atoms with Crippen molar-refractivity contribution in [2.75, 3.05) is 23.7 Å². The third kappa shape index (κ3) is 3.53. The van der Waals surface area contributed by atoms with E-state index in [1.54, 1.807) is 17.1 Å². The Hall–Kier alpha value is -2.35. The molecule has 2 unspecified atom stereocenters. The molecule has 2 aromatic heterocycles. The molecule has 0 radical (unpaired) electrons. The number of rotatable bonds is 5. The van der Waals surface area contributed by atoms with Crippen LogP contribution in [0.4, 0.5) is 17.5 Å². The average molecular weight is 402 g/mol. The molecule has 3 heterocycles. The summed E-state index contributed by atoms with van der Waals surface area (Å²) in [5.41, 5.74) is 0.826. The van der Waals surface area contributed by atoms with Gasteiger partial charge < -0.3 is 15.5 Å². The van der Waals surface area contributed by atoms with Crippen LogP contribution < -0.4 is 10.6 Å². The van der Waals surface area contributed by atoms with Crippen LogP contribution in [0.2, 0.25) is 5.02 Å². The zero-order chi connectivity index (χ0) is 19.3. The second kappa shape index (κ2) is 6.92. The maximum atomic E-state index is 12.3. The summed E-state index contributed by atoms with van der Waals surface area (Å²) in [5, 5.41) is 11.3. The summed E-state index contributed by atoms with van der Waals surface area (Å²) < 4.78 is 1.71. The van der Waals surface area contributed by atoms with Gasteiger partial charge in [-0.25, -0.2) is 4.98 Å². The van der Waals surface area contributed by atoms with Gasteiger partial charge in [0.1, 0.15) is 5.02 Å². The lowest BCUT2D eigenvalue weighted by atomic mass is 10.0. The Labute approximate surface area is 168 Å². The largest absolute Gasteiger partial charge is 0.366 e. The van der Waals surface area contributed by atoms with Crippen LogP contribution in [0.1, 0.15) is 25.7 Å². The predicted molar refractivity (Wildman–Crippen MR) is 106 cm³/mol. The van der Waals surface area contributed by atoms with Crippen LogP contribution in [0.15, 0.2) is 18.6 Å². The molecule has 2 aliphatic carbocycles. The number of hydrogen-bond acceptors (Lipinski definition) is 6. The maximum absolute atomic E-state index is 12.3. The number of aryl methyl sites for hydroxylation is 1. The molecule has 3 fully saturated rings. The van der Waals surface area contributed by atoms with E-state index in [1.165, 1.54) is 0 Å². The average Bonchev–Trinajstić information content (AvgIpc) is 3.17. The van der Waals surface area contributed by atoms with Crippen molar-refractivity contribution in [1.29, 1.82) is 0 Å². The Kier molecular flexibility index (Phi) is 4.38. The van der Waals surface area contributed by atoms with Gasteiger partial charge in [-0.3, -0.25) is 9.48 Å². The summed E-state index contributed by atoms with van der Waals surface area (Å²) in [5.74, 6) is 2.99. The second-order valence-corrected chi connectivity index (χ2v) is 8.68. The van der Waals surface area contributed by atoms with Crippen molar-refractivity contribution in [3.05, 3.63) is 23.6 Å². The van der Waals surface area contributed by atoms with Gasteiger partial charge in [-0.05, 0) is 37.5 Å². The Morgan fingerprint density at radius 3 is 2.61 bits per heavy atom. The van der Waals surface area contributed by atoms with Crippen LogP contribution in [-0.4, -0.2) is 49.7 Å². The molecule has 8 nitrogen and oxygen atoms in total. The molecule has 2 atom stereocenters. The highest BCUT2D eigenvalue weighted by Crippen LogP contribution is 2.42. The zero-order valence-corrected chi connectivity index (χ0v) is 16.6. The summed E-state index contributed by atoms with van der Waals surface area (Å²) in [6.07, 6.45) is 9.44. The fraction of sp³-hybridized carbons (Fsp3) is 0.579. The first-order chi connectivity index (χ1) is 13.5. The van der Waals surface area contributed by atoms with Crippen molar-refractivity contribution >= 4 is 35.0 Å². The number of nitrogens with one attached hydrogen (secondary N) is 2. The summed E-state index contributed by atoms with van der Waals surface area (Å²) in [7, 11) is 1.86. The number of likely N-dealkylation sites (tertiary alicyclic amines) is 1. The molecule has 1 saturated heterocycles. The highest BCUT2D eigenvalue weighted by Gasteiger charge is 2.45. The molecule has 2 N–H and O–H groups in total. The van der Waals surface area contributed by atoms with Crippen LogP contribution in [0.25, 0.3) is 0 Å². The molecule has 0 bridgehead atoms. The van der Waals surface area contributed by atoms with Gasteiger partial charge in [-0.2, -0.15) is 10.1 Å². The molecule has 1 amide bonds. The van der Waals surface area contributed by atoms with Crippen molar-refractivity contribution < 1.29 is 4.79 Å². The summed E-state index contributed by atoms with van der Waals surface area (Å²) >= 11 is 6.32. The van der Waals surface area contributed by atoms with Gasteiger partial charge in [0.2, 0.25) is 11.9 Å². The van der Waals surface area contributed by atoms with E-state index in [9.17, 15) is 4.79 Å². The summed E-state index contributed by atoms with van der Waals surface area (Å²) in [6, 6.07) is 0.326. The number of halogens is 1. The number of carbonyl (C=O) groups excluding carboxylic acids is 1. The number of hydrogen-bond donors (Lipinski definition) is 2. The molecule has 0 aromatic carbocycles. The normalized spacial score (nSPS) is 26.4. The fourth-order valence-corrected chi connectivity index (χ4v) is 4.67. The first kappa shape index (κ1) is 17.7. The third-order valence-electron chi connectivity index (χ3n) is 6.04. The zero-order valence-electron chi connectivity index (χ0n) is 15.8. The van der Waals surface area contributed by atoms with Crippen LogP contribution in [-0.2, 0) is 11.8 Å². The molecule has 1 aliphatic heterocycles. The molecule has 3 aliphatic rings. The minimum Gasteiger partial charge on any atom is -0.366 e. The van der Waals surface area contributed by atoms with Crippen LogP contribution in [0.5, 0.6) is 0 Å². The SMILES string of the molecule is Cn1cc(Nc2ncc(Cl)c(NC3CC4CN(C(=O)C5CC5)CC4C3)n2)cn1. The van der Waals surface area contributed by atoms with Gasteiger partial charge in [0.05, 0.1) is 18.1 Å². The van der Waals surface area contributed by atoms with Crippen molar-refractivity contribution in [3.63, 3.8) is 0 Å². The Morgan fingerprint density at radius 2 is 1.96 bits per heavy atom. The minimum atomic E-state index is 0.318. The Balaban J connectivity index is 1.21. The van der Waals surface area contributed by atoms with Gasteiger partial charge in [-0.15, -0.1) is 0 Å². The number of carbonyl (C=O) groups is 1. The molecule has 2 saturated carbocycles. The molecule has 28 heavy (non-hydrogen) atoms. The maximum Gasteiger partial charge on any atom is 0.229 e. The van der Waals surface area contributed by atoms with Gasteiger partial charge >= 0.3 is 0 Å². The molecule has 5 rings (SSSR count). The van der Waals surface area contributed by atoms with E-state index in [4.69, 9.17) is 11.6 Å². The first-order valence-electron chi connectivity index (χ1n) is 9.88. The summed E-state index contributed by atoms with van der Waals surface area (Å²) in [6.45, 7) is 1.81. The molecule has 2 aromatic rings. The minimum absolute atomic E-state index is 0.318. The van der Waals surface area contributed by atoms with Crippen LogP contribution in [0, 0.1) is 17.8 Å². The van der Waals surface area contributed by atoms with Gasteiger partial charge in [-0.1, -0.05) is 11.6 Å². The quantitative estimate of drug-likeness (QED) is 0.800. The molecule has 0 spiro atoms. The smallest absolute Gasteiger partial charge is 0.229 e. The lowest BCUT2D eigenvalue weighted by molar-refractivity contribution is -0.131. The van der Waals surface area contributed by atoms with Crippen molar-refractivity contribution in [2.45, 2.75) is 31.7 Å². The Morgan fingerprint density at radius 1 is 1.21 bits per heavy atom. The monoisotopic (exact) mass is 401 g/mol. The lowest BCUT2D eigenvalue weighted by Crippen LogP contribution is -2.32. The van der Waals surface area contributed by atoms with E-state index in [2.05, 4.69) is 30.6 Å². The van der Waals surface area contributed by atoms with Gasteiger partial charge in [0.15, 0.2) is 5.82 Å². The number of anilines is 3. The van der Waals surface area contributed by atoms with Crippen LogP contribution >= 0.6 is 11.6 Å². The third-order valence-corrected chi connectivity index (χ3v) is 6.31. The van der Waals surface area contributed by atoms with Gasteiger partial charge in [0, 0.05) is 38.3 Å². The van der Waals surface area contributed by atoms with E-state index >= 15 is 0 Å². The standard InChI is InChI=1S/C19H24ClN7O/c1-26-10-15(6-22-26)24-19-21-7-16(20)17(25-19)23-14-4-12-8-27(9-13(12)5-14)18(28)11-2-3-11/h6-7,10-14H,2-5,8-9H2,1H3,(H2,21,23,24,25). The van der Waals surface area contributed by atoms with E-state index < -0.39 is 0 Å². The second-order valence-electron chi connectivity index (χ2n) is 8.27. The molecule has 9 heteroatoms. The first-order valence-corrected chi connectivity index (χ1v) is 10.3. The molecular weight excluding hydrogens is 378 g/mol. The van der Waals surface area contributed by atoms with Crippen molar-refractivity contribution in [2.24, 2.45) is 24.8 Å². The highest BCUT2D eigenvalue weighted by atomic mass is 35.5. The van der Waals surface area contributed by atoms with Crippen molar-refractivity contribution in [1.82, 2.24) is 24.6 Å². The Bertz CT molecular complexity index is 882. The van der Waals surface area contributed by atoms with Crippen LogP contribution in [0.3, 0.4) is 0 Å². The number of fused-ring (bicyclic) bond motifs is 1. The van der Waals surface area contributed by atoms with E-state index in [0.717, 1.165) is 44.5 Å². The number of aromatic nitrogens is 4. The highest BCUT2D eigenvalue weighted by molar-refractivity contribution is 6.32. The number of nitrogens with zero attached hydrogens (tertiary/aromatic N) is 5.